The summed E-state index contributed by atoms with van der Waals surface area (Å²) in [4.78, 5) is 27.3. The normalized spacial score (nSPS) is 19.1. The largest absolute Gasteiger partial charge is 0.465 e. The van der Waals surface area contributed by atoms with Crippen LogP contribution in [0.4, 0.5) is 5.13 Å². The Balaban J connectivity index is 2.22. The summed E-state index contributed by atoms with van der Waals surface area (Å²) in [5.41, 5.74) is 0.932. The number of methoxy groups -OCH3 is 1. The molecule has 2 rings (SSSR count). The van der Waals surface area contributed by atoms with E-state index >= 15 is 0 Å². The molecule has 114 valence electrons. The number of carbonyl (C=O) groups is 2. The second-order valence-electron chi connectivity index (χ2n) is 4.77. The van der Waals surface area contributed by atoms with E-state index in [4.69, 9.17) is 9.47 Å². The van der Waals surface area contributed by atoms with Crippen LogP contribution in [0.3, 0.4) is 0 Å². The van der Waals surface area contributed by atoms with Crippen molar-refractivity contribution >= 4 is 33.9 Å². The molecule has 1 aliphatic heterocycles. The number of amides is 1. The molecule has 1 amide bonds. The Morgan fingerprint density at radius 1 is 1.57 bits per heavy atom. The molecule has 21 heavy (non-hydrogen) atoms. The van der Waals surface area contributed by atoms with Crippen molar-refractivity contribution in [3.8, 4) is 0 Å². The number of aromatic nitrogens is 1. The molecule has 7 heteroatoms. The number of ether oxygens (including phenoxy) is 2. The van der Waals surface area contributed by atoms with Crippen LogP contribution in [0.5, 0.6) is 0 Å². The molecule has 1 N–H and O–H groups in total. The van der Waals surface area contributed by atoms with Gasteiger partial charge in [0.2, 0.25) is 5.91 Å². The van der Waals surface area contributed by atoms with E-state index < -0.39 is 5.97 Å². The van der Waals surface area contributed by atoms with Gasteiger partial charge in [0, 0.05) is 24.8 Å². The summed E-state index contributed by atoms with van der Waals surface area (Å²) in [7, 11) is 1.34. The van der Waals surface area contributed by atoms with Gasteiger partial charge in [-0.15, -0.1) is 11.3 Å². The van der Waals surface area contributed by atoms with Crippen LogP contribution < -0.4 is 5.32 Å². The molecule has 0 aromatic carbocycles. The van der Waals surface area contributed by atoms with Gasteiger partial charge in [-0.1, -0.05) is 6.08 Å². The first kappa shape index (κ1) is 15.7. The van der Waals surface area contributed by atoms with E-state index in [-0.39, 0.29) is 11.8 Å². The highest BCUT2D eigenvalue weighted by atomic mass is 32.1. The van der Waals surface area contributed by atoms with Crippen molar-refractivity contribution in [1.29, 1.82) is 0 Å². The zero-order valence-corrected chi connectivity index (χ0v) is 12.9. The molecule has 6 nitrogen and oxygen atoms in total. The molecule has 1 fully saturated rings. The van der Waals surface area contributed by atoms with Crippen molar-refractivity contribution in [3.05, 3.63) is 17.2 Å². The standard InChI is InChI=1S/C14H18N2O4S/c1-9(17)15-14-16-12(8-21-14)11(13(18)19-2)6-10-4-3-5-20-7-10/h6,8,10H,3-5,7H2,1-2H3,(H,15,16,17). The lowest BCUT2D eigenvalue weighted by molar-refractivity contribution is -0.133. The average molecular weight is 310 g/mol. The lowest BCUT2D eigenvalue weighted by Crippen LogP contribution is -2.17. The van der Waals surface area contributed by atoms with Crippen LogP contribution in [0.1, 0.15) is 25.5 Å². The number of nitrogens with zero attached hydrogens (tertiary/aromatic N) is 1. The SMILES string of the molecule is COC(=O)C(=CC1CCCOC1)c1csc(NC(C)=O)n1. The van der Waals surface area contributed by atoms with Crippen molar-refractivity contribution in [2.75, 3.05) is 25.6 Å². The zero-order valence-electron chi connectivity index (χ0n) is 12.0. The monoisotopic (exact) mass is 310 g/mol. The van der Waals surface area contributed by atoms with Crippen molar-refractivity contribution in [3.63, 3.8) is 0 Å². The summed E-state index contributed by atoms with van der Waals surface area (Å²) >= 11 is 1.27. The third-order valence-electron chi connectivity index (χ3n) is 3.07. The lowest BCUT2D eigenvalue weighted by atomic mass is 9.98. The molecule has 0 aliphatic carbocycles. The summed E-state index contributed by atoms with van der Waals surface area (Å²) in [6.45, 7) is 2.78. The molecular formula is C14H18N2O4S. The van der Waals surface area contributed by atoms with Gasteiger partial charge in [0.05, 0.1) is 25.0 Å². The zero-order chi connectivity index (χ0) is 15.2. The molecule has 1 aromatic heterocycles. The molecule has 2 heterocycles. The molecule has 0 radical (unpaired) electrons. The first-order chi connectivity index (χ1) is 10.1. The maximum atomic E-state index is 12.0. The average Bonchev–Trinajstić information content (AvgIpc) is 2.92. The second kappa shape index (κ2) is 7.33. The highest BCUT2D eigenvalue weighted by Crippen LogP contribution is 2.26. The minimum atomic E-state index is -0.430. The van der Waals surface area contributed by atoms with Crippen LogP contribution in [0.15, 0.2) is 11.5 Å². The predicted molar refractivity (Wildman–Crippen MR) is 80.0 cm³/mol. The maximum Gasteiger partial charge on any atom is 0.339 e. The summed E-state index contributed by atoms with van der Waals surface area (Å²) in [5.74, 6) is -0.445. The van der Waals surface area contributed by atoms with Crippen molar-refractivity contribution in [2.45, 2.75) is 19.8 Å². The molecule has 0 spiro atoms. The molecule has 1 unspecified atom stereocenters. The van der Waals surface area contributed by atoms with Gasteiger partial charge in [-0.25, -0.2) is 9.78 Å². The molecule has 1 aliphatic rings. The fourth-order valence-electron chi connectivity index (χ4n) is 2.11. The Labute approximate surface area is 127 Å². The minimum absolute atomic E-state index is 0.179. The van der Waals surface area contributed by atoms with Crippen LogP contribution in [0.25, 0.3) is 5.57 Å². The summed E-state index contributed by atoms with van der Waals surface area (Å²) in [6.07, 6.45) is 3.81. The summed E-state index contributed by atoms with van der Waals surface area (Å²) in [5, 5.41) is 4.80. The van der Waals surface area contributed by atoms with E-state index in [9.17, 15) is 9.59 Å². The summed E-state index contributed by atoms with van der Waals surface area (Å²) in [6, 6.07) is 0. The highest BCUT2D eigenvalue weighted by molar-refractivity contribution is 7.14. The summed E-state index contributed by atoms with van der Waals surface area (Å²) < 4.78 is 10.2. The Morgan fingerprint density at radius 3 is 3.00 bits per heavy atom. The number of hydrogen-bond donors (Lipinski definition) is 1. The van der Waals surface area contributed by atoms with Crippen molar-refractivity contribution in [2.24, 2.45) is 5.92 Å². The van der Waals surface area contributed by atoms with Crippen LogP contribution in [0.2, 0.25) is 0 Å². The number of rotatable bonds is 4. The lowest BCUT2D eigenvalue weighted by Gasteiger charge is -2.19. The third kappa shape index (κ3) is 4.37. The number of nitrogens with one attached hydrogen (secondary N) is 1. The molecule has 1 atom stereocenters. The van der Waals surface area contributed by atoms with E-state index in [0.29, 0.717) is 23.0 Å². The predicted octanol–water partition coefficient (Wildman–Crippen LogP) is 2.08. The van der Waals surface area contributed by atoms with E-state index in [0.717, 1.165) is 19.4 Å². The van der Waals surface area contributed by atoms with E-state index in [1.54, 1.807) is 5.38 Å². The number of hydrogen-bond acceptors (Lipinski definition) is 6. The van der Waals surface area contributed by atoms with Gasteiger partial charge in [0.25, 0.3) is 0 Å². The van der Waals surface area contributed by atoms with Gasteiger partial charge in [0.1, 0.15) is 0 Å². The van der Waals surface area contributed by atoms with Crippen molar-refractivity contribution in [1.82, 2.24) is 4.98 Å². The van der Waals surface area contributed by atoms with Gasteiger partial charge in [0.15, 0.2) is 5.13 Å². The van der Waals surface area contributed by atoms with Crippen molar-refractivity contribution < 1.29 is 19.1 Å². The Kier molecular flexibility index (Phi) is 5.46. The molecular weight excluding hydrogens is 292 g/mol. The maximum absolute atomic E-state index is 12.0. The first-order valence-corrected chi connectivity index (χ1v) is 7.59. The van der Waals surface area contributed by atoms with Crippen LogP contribution in [-0.4, -0.2) is 37.2 Å². The van der Waals surface area contributed by atoms with E-state index in [1.165, 1.54) is 25.4 Å². The fraction of sp³-hybridized carbons (Fsp3) is 0.500. The second-order valence-corrected chi connectivity index (χ2v) is 5.63. The van der Waals surface area contributed by atoms with Gasteiger partial charge in [-0.3, -0.25) is 4.79 Å². The highest BCUT2D eigenvalue weighted by Gasteiger charge is 2.20. The number of thiazole rings is 1. The fourth-order valence-corrected chi connectivity index (χ4v) is 2.86. The quantitative estimate of drug-likeness (QED) is 0.680. The van der Waals surface area contributed by atoms with Gasteiger partial charge >= 0.3 is 5.97 Å². The van der Waals surface area contributed by atoms with Crippen LogP contribution in [-0.2, 0) is 19.1 Å². The number of esters is 1. The molecule has 1 aromatic rings. The molecule has 1 saturated heterocycles. The Bertz CT molecular complexity index is 547. The minimum Gasteiger partial charge on any atom is -0.465 e. The molecule has 0 saturated carbocycles. The van der Waals surface area contributed by atoms with Gasteiger partial charge < -0.3 is 14.8 Å². The van der Waals surface area contributed by atoms with Gasteiger partial charge in [-0.05, 0) is 12.8 Å². The number of carbonyl (C=O) groups excluding carboxylic acids is 2. The van der Waals surface area contributed by atoms with Crippen LogP contribution in [0, 0.1) is 5.92 Å². The smallest absolute Gasteiger partial charge is 0.339 e. The van der Waals surface area contributed by atoms with E-state index in [1.807, 2.05) is 6.08 Å². The third-order valence-corrected chi connectivity index (χ3v) is 3.82. The Morgan fingerprint density at radius 2 is 2.38 bits per heavy atom. The van der Waals surface area contributed by atoms with Crippen LogP contribution >= 0.6 is 11.3 Å². The topological polar surface area (TPSA) is 77.5 Å². The molecule has 0 bridgehead atoms. The Hall–Kier alpha value is -1.73. The first-order valence-electron chi connectivity index (χ1n) is 6.71. The number of anilines is 1. The van der Waals surface area contributed by atoms with Gasteiger partial charge in [-0.2, -0.15) is 0 Å². The van der Waals surface area contributed by atoms with E-state index in [2.05, 4.69) is 10.3 Å².